The van der Waals surface area contributed by atoms with Gasteiger partial charge in [-0.25, -0.2) is 0 Å². The minimum Gasteiger partial charge on any atom is -0.507 e. The summed E-state index contributed by atoms with van der Waals surface area (Å²) in [7, 11) is 1.54. The Bertz CT molecular complexity index is 1280. The summed E-state index contributed by atoms with van der Waals surface area (Å²) in [5, 5.41) is 11.2. The van der Waals surface area contributed by atoms with Gasteiger partial charge in [0.2, 0.25) is 0 Å². The Morgan fingerprint density at radius 3 is 2.41 bits per heavy atom. The fourth-order valence-electron chi connectivity index (χ4n) is 4.27. The van der Waals surface area contributed by atoms with Crippen LogP contribution in [0.3, 0.4) is 0 Å². The van der Waals surface area contributed by atoms with Crippen LogP contribution in [0.25, 0.3) is 5.76 Å². The Morgan fingerprint density at radius 2 is 1.76 bits per heavy atom. The van der Waals surface area contributed by atoms with Gasteiger partial charge < -0.3 is 14.6 Å². The van der Waals surface area contributed by atoms with Crippen LogP contribution in [-0.4, -0.2) is 35.5 Å². The molecule has 7 nitrogen and oxygen atoms in total. The van der Waals surface area contributed by atoms with Crippen molar-refractivity contribution in [2.45, 2.75) is 26.8 Å². The zero-order chi connectivity index (χ0) is 24.4. The Balaban J connectivity index is 1.98. The molecule has 7 heteroatoms. The van der Waals surface area contributed by atoms with Crippen LogP contribution in [0.1, 0.15) is 35.2 Å². The largest absolute Gasteiger partial charge is 0.507 e. The molecule has 0 saturated carbocycles. The summed E-state index contributed by atoms with van der Waals surface area (Å²) in [4.78, 5) is 32.1. The molecule has 2 heterocycles. The highest BCUT2D eigenvalue weighted by Gasteiger charge is 2.47. The Morgan fingerprint density at radius 1 is 1.03 bits per heavy atom. The first kappa shape index (κ1) is 23.0. The van der Waals surface area contributed by atoms with Gasteiger partial charge in [-0.05, 0) is 62.2 Å². The summed E-state index contributed by atoms with van der Waals surface area (Å²) >= 11 is 0. The first-order valence-electron chi connectivity index (χ1n) is 11.0. The lowest BCUT2D eigenvalue weighted by atomic mass is 9.94. The fraction of sp³-hybridized carbons (Fsp3) is 0.222. The topological polar surface area (TPSA) is 89.0 Å². The molecule has 34 heavy (non-hydrogen) atoms. The number of aryl methyl sites for hydroxylation is 2. The SMILES string of the molecule is CCOc1cc(C2/C(=C(\O)c3ccncc3)C(=O)C(=O)N2c2ccc(C)cc2C)ccc1OC. The normalized spacial score (nSPS) is 17.2. The molecule has 0 radical (unpaired) electrons. The monoisotopic (exact) mass is 458 g/mol. The minimum atomic E-state index is -0.861. The van der Waals surface area contributed by atoms with Gasteiger partial charge in [-0.15, -0.1) is 0 Å². The van der Waals surface area contributed by atoms with Crippen LogP contribution in [0.5, 0.6) is 11.5 Å². The van der Waals surface area contributed by atoms with Crippen LogP contribution in [-0.2, 0) is 9.59 Å². The van der Waals surface area contributed by atoms with Crippen LogP contribution in [0.15, 0.2) is 66.5 Å². The molecule has 1 atom stereocenters. The number of aliphatic hydroxyl groups is 1. The number of hydrogen-bond donors (Lipinski definition) is 1. The van der Waals surface area contributed by atoms with Crippen molar-refractivity contribution in [1.29, 1.82) is 0 Å². The van der Waals surface area contributed by atoms with Crippen LogP contribution in [0, 0.1) is 13.8 Å². The number of carbonyl (C=O) groups excluding carboxylic acids is 2. The van der Waals surface area contributed by atoms with E-state index in [0.29, 0.717) is 34.9 Å². The van der Waals surface area contributed by atoms with Crippen molar-refractivity contribution >= 4 is 23.1 Å². The number of aromatic nitrogens is 1. The van der Waals surface area contributed by atoms with E-state index in [0.717, 1.165) is 11.1 Å². The highest BCUT2D eigenvalue weighted by Crippen LogP contribution is 2.45. The van der Waals surface area contributed by atoms with Gasteiger partial charge in [0.15, 0.2) is 11.5 Å². The lowest BCUT2D eigenvalue weighted by Gasteiger charge is -2.27. The highest BCUT2D eigenvalue weighted by molar-refractivity contribution is 6.51. The molecule has 1 unspecified atom stereocenters. The second kappa shape index (κ2) is 9.39. The Kier molecular flexibility index (Phi) is 6.36. The summed E-state index contributed by atoms with van der Waals surface area (Å²) in [6.45, 7) is 6.12. The third kappa shape index (κ3) is 4.01. The van der Waals surface area contributed by atoms with Gasteiger partial charge in [0, 0.05) is 23.6 Å². The van der Waals surface area contributed by atoms with Gasteiger partial charge in [0.05, 0.1) is 25.3 Å². The molecule has 1 aliphatic heterocycles. The second-order valence-corrected chi connectivity index (χ2v) is 8.04. The van der Waals surface area contributed by atoms with Crippen molar-refractivity contribution in [3.63, 3.8) is 0 Å². The second-order valence-electron chi connectivity index (χ2n) is 8.04. The molecular weight excluding hydrogens is 432 g/mol. The number of hydrogen-bond acceptors (Lipinski definition) is 6. The van der Waals surface area contributed by atoms with Crippen molar-refractivity contribution in [2.24, 2.45) is 0 Å². The smallest absolute Gasteiger partial charge is 0.300 e. The number of ether oxygens (including phenoxy) is 2. The molecule has 174 valence electrons. The Hall–Kier alpha value is -4.13. The van der Waals surface area contributed by atoms with Crippen molar-refractivity contribution in [1.82, 2.24) is 4.98 Å². The maximum atomic E-state index is 13.4. The zero-order valence-corrected chi connectivity index (χ0v) is 19.5. The molecule has 1 fully saturated rings. The number of pyridine rings is 1. The number of benzene rings is 2. The number of Topliss-reactive ketones (excluding diaryl/α,β-unsaturated/α-hetero) is 1. The van der Waals surface area contributed by atoms with Crippen molar-refractivity contribution in [2.75, 3.05) is 18.6 Å². The number of carbonyl (C=O) groups is 2. The quantitative estimate of drug-likeness (QED) is 0.326. The van der Waals surface area contributed by atoms with Gasteiger partial charge >= 0.3 is 0 Å². The molecule has 1 saturated heterocycles. The highest BCUT2D eigenvalue weighted by atomic mass is 16.5. The van der Waals surface area contributed by atoms with E-state index in [1.807, 2.05) is 39.0 Å². The molecule has 1 aliphatic rings. The number of ketones is 1. The van der Waals surface area contributed by atoms with Crippen molar-refractivity contribution < 1.29 is 24.2 Å². The van der Waals surface area contributed by atoms with E-state index >= 15 is 0 Å². The van der Waals surface area contributed by atoms with E-state index in [-0.39, 0.29) is 11.3 Å². The minimum absolute atomic E-state index is 0.00351. The maximum Gasteiger partial charge on any atom is 0.300 e. The van der Waals surface area contributed by atoms with Crippen molar-refractivity contribution in [3.05, 3.63) is 88.8 Å². The van der Waals surface area contributed by atoms with Gasteiger partial charge in [0.25, 0.3) is 11.7 Å². The average Bonchev–Trinajstić information content (AvgIpc) is 3.10. The lowest BCUT2D eigenvalue weighted by Crippen LogP contribution is -2.30. The van der Waals surface area contributed by atoms with E-state index < -0.39 is 17.7 Å². The zero-order valence-electron chi connectivity index (χ0n) is 19.5. The molecule has 4 rings (SSSR count). The van der Waals surface area contributed by atoms with Crippen LogP contribution < -0.4 is 14.4 Å². The van der Waals surface area contributed by atoms with E-state index in [1.54, 1.807) is 37.4 Å². The summed E-state index contributed by atoms with van der Waals surface area (Å²) in [5.41, 5.74) is 3.49. The molecule has 1 amide bonds. The molecule has 0 spiro atoms. The molecular formula is C27H26N2O5. The third-order valence-corrected chi connectivity index (χ3v) is 5.81. The predicted octanol–water partition coefficient (Wildman–Crippen LogP) is 4.73. The molecule has 2 aromatic carbocycles. The summed E-state index contributed by atoms with van der Waals surface area (Å²) < 4.78 is 11.1. The van der Waals surface area contributed by atoms with Gasteiger partial charge in [-0.1, -0.05) is 23.8 Å². The van der Waals surface area contributed by atoms with E-state index in [9.17, 15) is 14.7 Å². The number of methoxy groups -OCH3 is 1. The molecule has 1 aromatic heterocycles. The average molecular weight is 459 g/mol. The van der Waals surface area contributed by atoms with Crippen LogP contribution >= 0.6 is 0 Å². The lowest BCUT2D eigenvalue weighted by molar-refractivity contribution is -0.132. The first-order chi connectivity index (χ1) is 16.4. The molecule has 3 aromatic rings. The fourth-order valence-corrected chi connectivity index (χ4v) is 4.27. The standard InChI is InChI=1S/C27H26N2O5/c1-5-34-22-15-19(7-9-21(22)33-4)24-23(25(30)18-10-12-28-13-11-18)26(31)27(32)29(24)20-8-6-16(2)14-17(20)3/h6-15,24,30H,5H2,1-4H3/b25-23+. The number of nitrogens with zero attached hydrogens (tertiary/aromatic N) is 2. The number of amides is 1. The summed E-state index contributed by atoms with van der Waals surface area (Å²) in [6, 6.07) is 13.2. The molecule has 0 bridgehead atoms. The van der Waals surface area contributed by atoms with Crippen molar-refractivity contribution in [3.8, 4) is 11.5 Å². The maximum absolute atomic E-state index is 13.4. The number of anilines is 1. The molecule has 0 aliphatic carbocycles. The van der Waals surface area contributed by atoms with E-state index in [2.05, 4.69) is 4.98 Å². The van der Waals surface area contributed by atoms with Crippen LogP contribution in [0.4, 0.5) is 5.69 Å². The van der Waals surface area contributed by atoms with E-state index in [1.165, 1.54) is 17.3 Å². The first-order valence-corrected chi connectivity index (χ1v) is 11.0. The van der Waals surface area contributed by atoms with E-state index in [4.69, 9.17) is 9.47 Å². The summed E-state index contributed by atoms with van der Waals surface area (Å²) in [5.74, 6) is -0.706. The molecule has 1 N–H and O–H groups in total. The third-order valence-electron chi connectivity index (χ3n) is 5.81. The van der Waals surface area contributed by atoms with Gasteiger partial charge in [0.1, 0.15) is 5.76 Å². The predicted molar refractivity (Wildman–Crippen MR) is 129 cm³/mol. The number of rotatable bonds is 6. The number of aliphatic hydroxyl groups excluding tert-OH is 1. The summed E-state index contributed by atoms with van der Waals surface area (Å²) in [6.07, 6.45) is 3.04. The van der Waals surface area contributed by atoms with Gasteiger partial charge in [-0.2, -0.15) is 0 Å². The van der Waals surface area contributed by atoms with Crippen LogP contribution in [0.2, 0.25) is 0 Å². The van der Waals surface area contributed by atoms with Gasteiger partial charge in [-0.3, -0.25) is 19.5 Å². The Labute approximate surface area is 198 Å².